The van der Waals surface area contributed by atoms with Crippen LogP contribution in [-0.4, -0.2) is 37.4 Å². The van der Waals surface area contributed by atoms with Crippen LogP contribution in [0.25, 0.3) is 0 Å². The molecule has 118 valence electrons. The van der Waals surface area contributed by atoms with Crippen LogP contribution in [0.2, 0.25) is 0 Å². The number of methoxy groups -OCH3 is 1. The minimum atomic E-state index is -0.241. The van der Waals surface area contributed by atoms with Crippen molar-refractivity contribution in [3.05, 3.63) is 23.8 Å². The zero-order valence-electron chi connectivity index (χ0n) is 13.2. The number of amides is 1. The molecule has 0 aliphatic heterocycles. The second-order valence-electron chi connectivity index (χ2n) is 5.28. The van der Waals surface area contributed by atoms with Gasteiger partial charge in [0.1, 0.15) is 0 Å². The summed E-state index contributed by atoms with van der Waals surface area (Å²) in [6.07, 6.45) is 0.733. The molecule has 0 aromatic heterocycles. The number of carbonyl (C=O) groups is 1. The number of nitrogens with one attached hydrogen (secondary N) is 1. The lowest BCUT2D eigenvalue weighted by molar-refractivity contribution is 0.0908. The van der Waals surface area contributed by atoms with Gasteiger partial charge in [-0.15, -0.1) is 0 Å². The molecule has 5 nitrogen and oxygen atoms in total. The molecule has 1 unspecified atom stereocenters. The van der Waals surface area contributed by atoms with Crippen LogP contribution < -0.4 is 14.8 Å². The first-order chi connectivity index (χ1) is 10.0. The molecule has 1 amide bonds. The van der Waals surface area contributed by atoms with Crippen LogP contribution in [0, 0.1) is 5.92 Å². The highest BCUT2D eigenvalue weighted by Gasteiger charge is 2.16. The Kier molecular flexibility index (Phi) is 7.02. The number of carbonyl (C=O) groups excluding carboxylic acids is 1. The zero-order valence-corrected chi connectivity index (χ0v) is 13.2. The van der Waals surface area contributed by atoms with E-state index in [4.69, 9.17) is 9.47 Å². The summed E-state index contributed by atoms with van der Waals surface area (Å²) in [5.74, 6) is 1.31. The average molecular weight is 295 g/mol. The quantitative estimate of drug-likeness (QED) is 0.772. The molecule has 0 saturated heterocycles. The second-order valence-corrected chi connectivity index (χ2v) is 5.28. The lowest BCUT2D eigenvalue weighted by Crippen LogP contribution is -2.38. The molecular formula is C16H25NO4. The summed E-state index contributed by atoms with van der Waals surface area (Å²) in [7, 11) is 1.56. The van der Waals surface area contributed by atoms with Crippen LogP contribution in [0.4, 0.5) is 0 Å². The summed E-state index contributed by atoms with van der Waals surface area (Å²) in [6, 6.07) is 4.80. The Balaban J connectivity index is 2.84. The van der Waals surface area contributed by atoms with Gasteiger partial charge in [0.05, 0.1) is 26.4 Å². The van der Waals surface area contributed by atoms with E-state index in [0.29, 0.717) is 29.6 Å². The molecule has 0 fully saturated rings. The van der Waals surface area contributed by atoms with Gasteiger partial charge in [-0.2, -0.15) is 0 Å². The van der Waals surface area contributed by atoms with Gasteiger partial charge >= 0.3 is 0 Å². The summed E-state index contributed by atoms with van der Waals surface area (Å²) in [4.78, 5) is 12.2. The van der Waals surface area contributed by atoms with Crippen molar-refractivity contribution in [1.29, 1.82) is 0 Å². The second kappa shape index (κ2) is 8.52. The normalized spacial score (nSPS) is 12.1. The third-order valence-corrected chi connectivity index (χ3v) is 3.04. The fourth-order valence-electron chi connectivity index (χ4n) is 2.10. The molecule has 0 radical (unpaired) electrons. The number of hydrogen-bond acceptors (Lipinski definition) is 4. The lowest BCUT2D eigenvalue weighted by atomic mass is 10.0. The van der Waals surface area contributed by atoms with Crippen LogP contribution in [-0.2, 0) is 0 Å². The molecule has 1 aromatic carbocycles. The van der Waals surface area contributed by atoms with Gasteiger partial charge in [-0.1, -0.05) is 13.8 Å². The molecule has 5 heteroatoms. The van der Waals surface area contributed by atoms with E-state index >= 15 is 0 Å². The Hall–Kier alpha value is -1.75. The van der Waals surface area contributed by atoms with Crippen molar-refractivity contribution in [2.45, 2.75) is 33.2 Å². The number of rotatable bonds is 8. The number of aliphatic hydroxyl groups is 1. The Morgan fingerprint density at radius 3 is 2.57 bits per heavy atom. The van der Waals surface area contributed by atoms with Gasteiger partial charge in [0.15, 0.2) is 11.5 Å². The maximum Gasteiger partial charge on any atom is 0.251 e. The van der Waals surface area contributed by atoms with E-state index < -0.39 is 0 Å². The highest BCUT2D eigenvalue weighted by Crippen LogP contribution is 2.28. The SMILES string of the molecule is CCOc1cc(C(=O)NC(CO)CC(C)C)ccc1OC. The molecule has 0 spiro atoms. The third-order valence-electron chi connectivity index (χ3n) is 3.04. The van der Waals surface area contributed by atoms with Gasteiger partial charge < -0.3 is 19.9 Å². The topological polar surface area (TPSA) is 67.8 Å². The molecule has 0 saturated carbocycles. The minimum Gasteiger partial charge on any atom is -0.493 e. The van der Waals surface area contributed by atoms with E-state index in [1.807, 2.05) is 6.92 Å². The van der Waals surface area contributed by atoms with E-state index in [2.05, 4.69) is 19.2 Å². The van der Waals surface area contributed by atoms with Crippen molar-refractivity contribution in [1.82, 2.24) is 5.32 Å². The summed E-state index contributed by atoms with van der Waals surface area (Å²) in [6.45, 7) is 6.40. The van der Waals surface area contributed by atoms with Crippen molar-refractivity contribution in [2.24, 2.45) is 5.92 Å². The van der Waals surface area contributed by atoms with Crippen LogP contribution in [0.5, 0.6) is 11.5 Å². The molecule has 0 aliphatic rings. The number of hydrogen-bond donors (Lipinski definition) is 2. The Morgan fingerprint density at radius 1 is 1.33 bits per heavy atom. The first-order valence-electron chi connectivity index (χ1n) is 7.24. The Morgan fingerprint density at radius 2 is 2.05 bits per heavy atom. The average Bonchev–Trinajstić information content (AvgIpc) is 2.46. The zero-order chi connectivity index (χ0) is 15.8. The van der Waals surface area contributed by atoms with Gasteiger partial charge in [0.25, 0.3) is 5.91 Å². The molecule has 0 aliphatic carbocycles. The first-order valence-corrected chi connectivity index (χ1v) is 7.24. The molecule has 21 heavy (non-hydrogen) atoms. The van der Waals surface area contributed by atoms with E-state index in [0.717, 1.165) is 6.42 Å². The van der Waals surface area contributed by atoms with Crippen molar-refractivity contribution in [3.8, 4) is 11.5 Å². The van der Waals surface area contributed by atoms with Gasteiger partial charge in [-0.25, -0.2) is 0 Å². The van der Waals surface area contributed by atoms with E-state index in [9.17, 15) is 9.90 Å². The van der Waals surface area contributed by atoms with Crippen molar-refractivity contribution >= 4 is 5.91 Å². The molecule has 1 aromatic rings. The predicted molar refractivity (Wildman–Crippen MR) is 82.0 cm³/mol. The number of benzene rings is 1. The summed E-state index contributed by atoms with van der Waals surface area (Å²) in [5, 5.41) is 12.2. The number of aliphatic hydroxyl groups excluding tert-OH is 1. The Bertz CT molecular complexity index is 460. The molecule has 1 atom stereocenters. The maximum absolute atomic E-state index is 12.2. The monoisotopic (exact) mass is 295 g/mol. The van der Waals surface area contributed by atoms with Crippen LogP contribution in [0.15, 0.2) is 18.2 Å². The van der Waals surface area contributed by atoms with Crippen molar-refractivity contribution in [3.63, 3.8) is 0 Å². The Labute approximate surface area is 126 Å². The van der Waals surface area contributed by atoms with Crippen LogP contribution in [0.1, 0.15) is 37.6 Å². The number of ether oxygens (including phenoxy) is 2. The largest absolute Gasteiger partial charge is 0.493 e. The van der Waals surface area contributed by atoms with Gasteiger partial charge in [0, 0.05) is 5.56 Å². The summed E-state index contributed by atoms with van der Waals surface area (Å²) >= 11 is 0. The third kappa shape index (κ3) is 5.27. The van der Waals surface area contributed by atoms with Crippen LogP contribution >= 0.6 is 0 Å². The standard InChI is InChI=1S/C16H25NO4/c1-5-21-15-9-12(6-7-14(15)20-4)16(19)17-13(10-18)8-11(2)3/h6-7,9,11,13,18H,5,8,10H2,1-4H3,(H,17,19). The van der Waals surface area contributed by atoms with Crippen LogP contribution in [0.3, 0.4) is 0 Å². The lowest BCUT2D eigenvalue weighted by Gasteiger charge is -2.18. The van der Waals surface area contributed by atoms with Crippen molar-refractivity contribution < 1.29 is 19.4 Å². The van der Waals surface area contributed by atoms with Crippen molar-refractivity contribution in [2.75, 3.05) is 20.3 Å². The highest BCUT2D eigenvalue weighted by molar-refractivity contribution is 5.95. The molecule has 2 N–H and O–H groups in total. The van der Waals surface area contributed by atoms with Gasteiger partial charge in [-0.05, 0) is 37.5 Å². The highest BCUT2D eigenvalue weighted by atomic mass is 16.5. The minimum absolute atomic E-state index is 0.0710. The van der Waals surface area contributed by atoms with Gasteiger partial charge in [-0.3, -0.25) is 4.79 Å². The van der Waals surface area contributed by atoms with Gasteiger partial charge in [0.2, 0.25) is 0 Å². The summed E-state index contributed by atoms with van der Waals surface area (Å²) in [5.41, 5.74) is 0.487. The first kappa shape index (κ1) is 17.3. The summed E-state index contributed by atoms with van der Waals surface area (Å²) < 4.78 is 10.7. The van der Waals surface area contributed by atoms with E-state index in [1.54, 1.807) is 25.3 Å². The maximum atomic E-state index is 12.2. The van der Waals surface area contributed by atoms with E-state index in [-0.39, 0.29) is 18.6 Å². The molecular weight excluding hydrogens is 270 g/mol. The molecule has 1 rings (SSSR count). The smallest absolute Gasteiger partial charge is 0.251 e. The van der Waals surface area contributed by atoms with E-state index in [1.165, 1.54) is 0 Å². The molecule has 0 heterocycles. The fourth-order valence-corrected chi connectivity index (χ4v) is 2.10. The fraction of sp³-hybridized carbons (Fsp3) is 0.562. The predicted octanol–water partition coefficient (Wildman–Crippen LogP) is 2.23. The molecule has 0 bridgehead atoms.